The number of hydrogen-bond acceptors (Lipinski definition) is 17. The van der Waals surface area contributed by atoms with Gasteiger partial charge in [0.25, 0.3) is 6.43 Å². The first-order valence-electron chi connectivity index (χ1n) is 23.5. The van der Waals surface area contributed by atoms with Crippen LogP contribution in [-0.4, -0.2) is 173 Å². The fourth-order valence-electron chi connectivity index (χ4n) is 8.28. The second-order valence-corrected chi connectivity index (χ2v) is 18.4. The van der Waals surface area contributed by atoms with E-state index < -0.39 is 160 Å². The minimum absolute atomic E-state index is 0.136. The molecule has 2 bridgehead atoms. The number of aliphatic hydroxyl groups excluding tert-OH is 9. The average Bonchev–Trinajstić information content (AvgIpc) is 3.26. The lowest BCUT2D eigenvalue weighted by molar-refractivity contribution is -0.307. The van der Waals surface area contributed by atoms with Crippen LogP contribution < -0.4 is 11.1 Å². The van der Waals surface area contributed by atoms with Crippen LogP contribution in [0.1, 0.15) is 79.1 Å². The molecule has 19 atom stereocenters. The van der Waals surface area contributed by atoms with E-state index >= 15 is 0 Å². The van der Waals surface area contributed by atoms with E-state index in [0.29, 0.717) is 0 Å². The summed E-state index contributed by atoms with van der Waals surface area (Å²) in [5.74, 6) is -6.54. The first-order chi connectivity index (χ1) is 32.5. The summed E-state index contributed by atoms with van der Waals surface area (Å²) in [5, 5.41) is 111. The molecule has 0 spiro atoms. The average molecular weight is 987 g/mol. The molecule has 2 fully saturated rings. The van der Waals surface area contributed by atoms with Gasteiger partial charge in [0.2, 0.25) is 5.91 Å². The molecule has 3 heterocycles. The summed E-state index contributed by atoms with van der Waals surface area (Å²) in [4.78, 5) is 26.0. The maximum Gasteiger partial charge on any atom is 0.308 e. The second kappa shape index (κ2) is 29.7. The number of halogens is 2. The first kappa shape index (κ1) is 59.7. The van der Waals surface area contributed by atoms with Gasteiger partial charge in [0.1, 0.15) is 12.2 Å². The molecular weight excluding hydrogens is 911 g/mol. The highest BCUT2D eigenvalue weighted by Crippen LogP contribution is 2.38. The maximum absolute atomic E-state index is 13.4. The topological polar surface area (TPSA) is 311 Å². The molecule has 0 aromatic carbocycles. The number of ether oxygens (including phenoxy) is 4. The number of nitrogens with one attached hydrogen (secondary N) is 1. The molecule has 0 aromatic heterocycles. The van der Waals surface area contributed by atoms with Gasteiger partial charge in [-0.05, 0) is 33.1 Å². The summed E-state index contributed by atoms with van der Waals surface area (Å²) in [6.07, 6.45) is -0.719. The van der Waals surface area contributed by atoms with E-state index in [2.05, 4.69) is 5.32 Å². The fraction of sp³-hybridized carbons (Fsp3) is 0.673. The Morgan fingerprint density at radius 1 is 0.725 bits per heavy atom. The Hall–Kier alpha value is -3.58. The number of rotatable bonds is 5. The lowest BCUT2D eigenvalue weighted by Crippen LogP contribution is -2.62. The fourth-order valence-corrected chi connectivity index (χ4v) is 8.28. The van der Waals surface area contributed by atoms with E-state index in [0.717, 1.165) is 0 Å². The number of esters is 1. The number of aliphatic hydroxyl groups is 10. The molecule has 2 saturated heterocycles. The quantitative estimate of drug-likeness (QED) is 0.171. The molecule has 0 aliphatic carbocycles. The molecule has 69 heavy (non-hydrogen) atoms. The van der Waals surface area contributed by atoms with E-state index in [1.165, 1.54) is 13.0 Å². The Morgan fingerprint density at radius 2 is 1.30 bits per heavy atom. The molecule has 392 valence electrons. The van der Waals surface area contributed by atoms with Gasteiger partial charge in [-0.15, -0.1) is 0 Å². The van der Waals surface area contributed by atoms with Crippen LogP contribution in [0, 0.1) is 17.8 Å². The molecule has 0 radical (unpaired) electrons. The van der Waals surface area contributed by atoms with Crippen LogP contribution in [0.5, 0.6) is 0 Å². The van der Waals surface area contributed by atoms with E-state index in [4.69, 9.17) is 24.7 Å². The van der Waals surface area contributed by atoms with Crippen molar-refractivity contribution < 1.29 is 88.4 Å². The van der Waals surface area contributed by atoms with Crippen molar-refractivity contribution in [1.82, 2.24) is 5.32 Å². The standard InChI is InChI=1S/C49H76F2N2O16/c1-28-17-15-13-11-9-7-5-6-8-10-12-14-16-18-35(68-48-46(63)43(52)45(62)31(4)67-48)24-39-42(47(64)53-27-40(50)51)38(59)26-49(65,69-39)25-34(56)22-37(58)36(57)20-19-32(54)21-33(55)23-41(60)66-30(3)29(2)44(28)61/h5-18,28-40,42-46,48,54-59,61-63,65H,19-27,52H2,1-4H3,(H,53,64)/b6-5+,9-7+,10-8+,13-11+,14-12+,17-15+,18-16+/t28-,29-,30-,31+,32+,33+,34-,35-,36+,37+,38-,39-,42?,43-,44+,45+,46+,48-,49+/m0/s1. The van der Waals surface area contributed by atoms with Gasteiger partial charge in [0, 0.05) is 37.5 Å². The van der Waals surface area contributed by atoms with E-state index in [1.54, 1.807) is 86.8 Å². The van der Waals surface area contributed by atoms with Gasteiger partial charge in [0.05, 0.1) is 92.1 Å². The highest BCUT2D eigenvalue weighted by atomic mass is 19.3. The monoisotopic (exact) mass is 987 g/mol. The number of amides is 1. The van der Waals surface area contributed by atoms with Crippen LogP contribution in [0.15, 0.2) is 85.1 Å². The van der Waals surface area contributed by atoms with Crippen molar-refractivity contribution >= 4 is 11.9 Å². The van der Waals surface area contributed by atoms with Crippen LogP contribution in [0.2, 0.25) is 0 Å². The van der Waals surface area contributed by atoms with Crippen LogP contribution >= 0.6 is 0 Å². The number of fused-ring (bicyclic) bond motifs is 2. The summed E-state index contributed by atoms with van der Waals surface area (Å²) >= 11 is 0. The first-order valence-corrected chi connectivity index (χ1v) is 23.5. The van der Waals surface area contributed by atoms with Gasteiger partial charge < -0.3 is 81.1 Å². The third kappa shape index (κ3) is 20.6. The molecule has 3 aliphatic heterocycles. The van der Waals surface area contributed by atoms with Crippen molar-refractivity contribution in [2.75, 3.05) is 6.54 Å². The molecule has 20 heteroatoms. The summed E-state index contributed by atoms with van der Waals surface area (Å²) < 4.78 is 49.7. The van der Waals surface area contributed by atoms with Gasteiger partial charge in [-0.1, -0.05) is 98.9 Å². The van der Waals surface area contributed by atoms with Crippen LogP contribution in [0.4, 0.5) is 8.78 Å². The molecule has 1 unspecified atom stereocenters. The number of nitrogens with two attached hydrogens (primary N) is 1. The molecular formula is C49H76F2N2O16. The predicted molar refractivity (Wildman–Crippen MR) is 248 cm³/mol. The van der Waals surface area contributed by atoms with Crippen molar-refractivity contribution in [3.8, 4) is 0 Å². The molecule has 13 N–H and O–H groups in total. The largest absolute Gasteiger partial charge is 0.462 e. The Balaban J connectivity index is 1.92. The van der Waals surface area contributed by atoms with Crippen LogP contribution in [-0.2, 0) is 28.5 Å². The minimum Gasteiger partial charge on any atom is -0.462 e. The van der Waals surface area contributed by atoms with Crippen LogP contribution in [0.3, 0.4) is 0 Å². The molecule has 18 nitrogen and oxygen atoms in total. The number of carbonyl (C=O) groups excluding carboxylic acids is 2. The number of cyclic esters (lactones) is 1. The third-order valence-corrected chi connectivity index (χ3v) is 12.5. The highest BCUT2D eigenvalue weighted by Gasteiger charge is 2.51. The Morgan fingerprint density at radius 3 is 1.90 bits per heavy atom. The lowest BCUT2D eigenvalue weighted by Gasteiger charge is -2.46. The van der Waals surface area contributed by atoms with Crippen molar-refractivity contribution in [1.29, 1.82) is 0 Å². The van der Waals surface area contributed by atoms with Gasteiger partial charge in [0.15, 0.2) is 12.1 Å². The zero-order valence-corrected chi connectivity index (χ0v) is 39.7. The lowest BCUT2D eigenvalue weighted by atomic mass is 9.82. The van der Waals surface area contributed by atoms with Gasteiger partial charge >= 0.3 is 5.97 Å². The molecule has 0 saturated carbocycles. The smallest absolute Gasteiger partial charge is 0.308 e. The maximum atomic E-state index is 13.4. The predicted octanol–water partition coefficient (Wildman–Crippen LogP) is 1.01. The highest BCUT2D eigenvalue weighted by molar-refractivity contribution is 5.80. The number of hydrogen-bond donors (Lipinski definition) is 12. The number of carbonyl (C=O) groups is 2. The Labute approximate surface area is 402 Å². The van der Waals surface area contributed by atoms with Crippen molar-refractivity contribution in [3.05, 3.63) is 85.1 Å². The van der Waals surface area contributed by atoms with Crippen LogP contribution in [0.25, 0.3) is 0 Å². The summed E-state index contributed by atoms with van der Waals surface area (Å²) in [6.45, 7) is 5.62. The Kier molecular flexibility index (Phi) is 25.7. The van der Waals surface area contributed by atoms with Gasteiger partial charge in [-0.2, -0.15) is 0 Å². The molecule has 1 amide bonds. The molecule has 0 aromatic rings. The number of allylic oxidation sites excluding steroid dienone is 12. The minimum atomic E-state index is -2.95. The zero-order chi connectivity index (χ0) is 51.4. The second-order valence-electron chi connectivity index (χ2n) is 18.4. The Bertz CT molecular complexity index is 1770. The van der Waals surface area contributed by atoms with E-state index in [1.807, 2.05) is 13.0 Å². The number of alkyl halides is 2. The summed E-state index contributed by atoms with van der Waals surface area (Å²) in [5.41, 5.74) is 6.04. The SMILES string of the molecule is C[C@@H]1[C@H](O)[C@@H](C)/C=C/C=C/C=C/C=C/C=C/C=C/C=C/[C@H](O[C@@H]2O[C@H](C)[C@@H](O)[C@H](N)[C@H]2O)C[C@@H]2O[C@](O)(C[C@@H](O)C[C@@H](O)[C@H](O)CC[C@@H](O)C[C@@H](O)CC(=O)O[C@H]1C)C[C@H](O)C2C(=O)NCC(F)F. The van der Waals surface area contributed by atoms with Crippen molar-refractivity contribution in [3.63, 3.8) is 0 Å². The van der Waals surface area contributed by atoms with Crippen molar-refractivity contribution in [2.45, 2.75) is 183 Å². The van der Waals surface area contributed by atoms with E-state index in [9.17, 15) is 69.4 Å². The zero-order valence-electron chi connectivity index (χ0n) is 39.7. The summed E-state index contributed by atoms with van der Waals surface area (Å²) in [6, 6.07) is -1.19. The molecule has 3 aliphatic rings. The third-order valence-electron chi connectivity index (χ3n) is 12.5. The van der Waals surface area contributed by atoms with Gasteiger partial charge in [-0.25, -0.2) is 8.78 Å². The molecule has 3 rings (SSSR count). The normalized spacial score (nSPS) is 43.6. The van der Waals surface area contributed by atoms with Crippen molar-refractivity contribution in [2.24, 2.45) is 23.5 Å². The summed E-state index contributed by atoms with van der Waals surface area (Å²) in [7, 11) is 0. The van der Waals surface area contributed by atoms with E-state index in [-0.39, 0.29) is 31.6 Å². The van der Waals surface area contributed by atoms with Gasteiger partial charge in [-0.3, -0.25) is 9.59 Å².